The van der Waals surface area contributed by atoms with Crippen LogP contribution in [0.4, 0.5) is 16.4 Å². The Balaban J connectivity index is 0.000000186. The molecule has 6 nitrogen and oxygen atoms in total. The summed E-state index contributed by atoms with van der Waals surface area (Å²) in [7, 11) is 0. The van der Waals surface area contributed by atoms with Crippen LogP contribution in [0, 0.1) is 0 Å². The number of anilines is 2. The van der Waals surface area contributed by atoms with E-state index in [1.54, 1.807) is 11.1 Å². The molecule has 2 unspecified atom stereocenters. The molecule has 2 aromatic rings. The summed E-state index contributed by atoms with van der Waals surface area (Å²) in [5, 5.41) is 3.25. The Bertz CT molecular complexity index is 914. The molecule has 4 heterocycles. The zero-order valence-electron chi connectivity index (χ0n) is 17.3. The molecule has 2 aliphatic rings. The third-order valence-electron chi connectivity index (χ3n) is 4.71. The van der Waals surface area contributed by atoms with Crippen molar-refractivity contribution in [3.63, 3.8) is 0 Å². The highest BCUT2D eigenvalue weighted by molar-refractivity contribution is 9.10. The van der Waals surface area contributed by atoms with Crippen LogP contribution in [0.2, 0.25) is 0 Å². The lowest BCUT2D eigenvalue weighted by Crippen LogP contribution is -2.36. The minimum Gasteiger partial charge on any atom is -0.443 e. The van der Waals surface area contributed by atoms with E-state index in [0.29, 0.717) is 18.3 Å². The van der Waals surface area contributed by atoms with Gasteiger partial charge in [-0.2, -0.15) is 0 Å². The summed E-state index contributed by atoms with van der Waals surface area (Å²) in [6.45, 7) is 11.5. The van der Waals surface area contributed by atoms with Gasteiger partial charge in [0, 0.05) is 57.4 Å². The van der Waals surface area contributed by atoms with Crippen molar-refractivity contribution in [2.45, 2.75) is 52.1 Å². The summed E-state index contributed by atoms with van der Waals surface area (Å²) >= 11 is 6.80. The minimum absolute atomic E-state index is 0.275. The normalized spacial score (nSPS) is 19.6. The van der Waals surface area contributed by atoms with Crippen LogP contribution in [-0.2, 0) is 4.74 Å². The van der Waals surface area contributed by atoms with Gasteiger partial charge in [-0.25, -0.2) is 14.8 Å². The van der Waals surface area contributed by atoms with Crippen molar-refractivity contribution in [2.75, 3.05) is 23.3 Å². The average Bonchev–Trinajstić information content (AvgIpc) is 3.15. The molecule has 0 bridgehead atoms. The molecule has 0 radical (unpaired) electrons. The first-order valence-electron chi connectivity index (χ1n) is 9.60. The van der Waals surface area contributed by atoms with Gasteiger partial charge in [0.05, 0.1) is 0 Å². The molecular formula is C21H26Br2N4O2. The molecule has 156 valence electrons. The average molecular weight is 526 g/mol. The zero-order valence-corrected chi connectivity index (χ0v) is 20.5. The molecule has 1 amide bonds. The molecule has 0 saturated heterocycles. The number of halogens is 2. The van der Waals surface area contributed by atoms with E-state index in [9.17, 15) is 4.79 Å². The number of nitrogens with zero attached hydrogens (tertiary/aromatic N) is 3. The zero-order chi connectivity index (χ0) is 21.3. The van der Waals surface area contributed by atoms with Gasteiger partial charge in [0.15, 0.2) is 0 Å². The van der Waals surface area contributed by atoms with Crippen molar-refractivity contribution in [3.05, 3.63) is 44.6 Å². The van der Waals surface area contributed by atoms with Gasteiger partial charge in [-0.3, -0.25) is 4.90 Å². The number of aromatic nitrogens is 2. The maximum atomic E-state index is 12.1. The molecule has 0 aliphatic carbocycles. The van der Waals surface area contributed by atoms with Crippen LogP contribution in [0.1, 0.15) is 57.6 Å². The number of amides is 1. The second kappa shape index (κ2) is 8.60. The molecule has 0 fully saturated rings. The molecule has 2 aromatic heterocycles. The van der Waals surface area contributed by atoms with Gasteiger partial charge in [-0.05, 0) is 64.8 Å². The summed E-state index contributed by atoms with van der Waals surface area (Å²) in [5.74, 6) is 2.62. The summed E-state index contributed by atoms with van der Waals surface area (Å²) in [4.78, 5) is 22.3. The van der Waals surface area contributed by atoms with E-state index in [2.05, 4.69) is 67.1 Å². The van der Waals surface area contributed by atoms with Crippen molar-refractivity contribution >= 4 is 49.6 Å². The van der Waals surface area contributed by atoms with Gasteiger partial charge in [0.1, 0.15) is 17.2 Å². The minimum atomic E-state index is -0.488. The highest BCUT2D eigenvalue weighted by atomic mass is 79.9. The number of ether oxygens (including phenoxy) is 1. The lowest BCUT2D eigenvalue weighted by atomic mass is 10.1. The fraction of sp³-hybridized carbons (Fsp3) is 0.476. The first-order valence-corrected chi connectivity index (χ1v) is 11.2. The number of pyridine rings is 2. The highest BCUT2D eigenvalue weighted by Crippen LogP contribution is 2.36. The monoisotopic (exact) mass is 524 g/mol. The van der Waals surface area contributed by atoms with Crippen molar-refractivity contribution in [1.82, 2.24) is 9.97 Å². The van der Waals surface area contributed by atoms with E-state index < -0.39 is 5.60 Å². The third kappa shape index (κ3) is 5.28. The van der Waals surface area contributed by atoms with Crippen LogP contribution >= 0.6 is 31.9 Å². The summed E-state index contributed by atoms with van der Waals surface area (Å²) in [5.41, 5.74) is 1.91. The van der Waals surface area contributed by atoms with E-state index in [0.717, 1.165) is 26.9 Å². The molecule has 2 aliphatic heterocycles. The topological polar surface area (TPSA) is 67.4 Å². The Morgan fingerprint density at radius 1 is 1.10 bits per heavy atom. The number of hydrogen-bond acceptors (Lipinski definition) is 5. The molecule has 0 spiro atoms. The lowest BCUT2D eigenvalue weighted by Gasteiger charge is -2.24. The van der Waals surface area contributed by atoms with Gasteiger partial charge in [-0.1, -0.05) is 13.8 Å². The smallest absolute Gasteiger partial charge is 0.416 e. The molecular weight excluding hydrogens is 500 g/mol. The van der Waals surface area contributed by atoms with E-state index in [4.69, 9.17) is 4.74 Å². The largest absolute Gasteiger partial charge is 0.443 e. The molecule has 8 heteroatoms. The van der Waals surface area contributed by atoms with Crippen LogP contribution < -0.4 is 10.2 Å². The Hall–Kier alpha value is -1.67. The Kier molecular flexibility index (Phi) is 6.53. The van der Waals surface area contributed by atoms with E-state index in [-0.39, 0.29) is 12.0 Å². The fourth-order valence-corrected chi connectivity index (χ4v) is 4.01. The molecule has 29 heavy (non-hydrogen) atoms. The van der Waals surface area contributed by atoms with Gasteiger partial charge >= 0.3 is 6.09 Å². The third-order valence-corrected chi connectivity index (χ3v) is 5.58. The first-order chi connectivity index (χ1) is 13.5. The van der Waals surface area contributed by atoms with Crippen LogP contribution in [0.5, 0.6) is 0 Å². The number of nitrogens with one attached hydrogen (secondary N) is 1. The number of rotatable bonds is 0. The standard InChI is InChI=1S/C13H17BrN2O2.C8H9BrN2/c1-8-7-16(12(17)18-13(2,3)4)11-10(8)5-9(14)6-15-11;1-5-3-10-8-7(5)2-6(9)4-11-8/h5-6,8H,7H2,1-4H3;2,4-5H,3H2,1H3,(H,10,11). The summed E-state index contributed by atoms with van der Waals surface area (Å²) in [6, 6.07) is 4.14. The quantitative estimate of drug-likeness (QED) is 0.451. The molecule has 0 aromatic carbocycles. The number of carbonyl (C=O) groups excluding carboxylic acids is 1. The summed E-state index contributed by atoms with van der Waals surface area (Å²) in [6.07, 6.45) is 3.20. The predicted molar refractivity (Wildman–Crippen MR) is 123 cm³/mol. The Morgan fingerprint density at radius 3 is 2.38 bits per heavy atom. The highest BCUT2D eigenvalue weighted by Gasteiger charge is 2.34. The van der Waals surface area contributed by atoms with Crippen LogP contribution in [0.15, 0.2) is 33.5 Å². The maximum Gasteiger partial charge on any atom is 0.416 e. The van der Waals surface area contributed by atoms with Crippen molar-refractivity contribution in [1.29, 1.82) is 0 Å². The Morgan fingerprint density at radius 2 is 1.72 bits per heavy atom. The fourth-order valence-electron chi connectivity index (χ4n) is 3.31. The van der Waals surface area contributed by atoms with Gasteiger partial charge in [-0.15, -0.1) is 0 Å². The Labute approximate surface area is 188 Å². The van der Waals surface area contributed by atoms with Crippen LogP contribution in [0.25, 0.3) is 0 Å². The van der Waals surface area contributed by atoms with E-state index >= 15 is 0 Å². The second-order valence-corrected chi connectivity index (χ2v) is 10.3. The number of carbonyl (C=O) groups is 1. The molecule has 0 saturated carbocycles. The van der Waals surface area contributed by atoms with Gasteiger partial charge in [0.2, 0.25) is 0 Å². The first kappa shape index (κ1) is 22.0. The van der Waals surface area contributed by atoms with Crippen molar-refractivity contribution < 1.29 is 9.53 Å². The van der Waals surface area contributed by atoms with Gasteiger partial charge < -0.3 is 10.1 Å². The lowest BCUT2D eigenvalue weighted by molar-refractivity contribution is 0.0581. The summed E-state index contributed by atoms with van der Waals surface area (Å²) < 4.78 is 7.38. The van der Waals surface area contributed by atoms with Crippen LogP contribution in [0.3, 0.4) is 0 Å². The van der Waals surface area contributed by atoms with Gasteiger partial charge in [0.25, 0.3) is 0 Å². The number of hydrogen-bond donors (Lipinski definition) is 1. The maximum absolute atomic E-state index is 12.1. The molecule has 2 atom stereocenters. The van der Waals surface area contributed by atoms with Crippen molar-refractivity contribution in [2.24, 2.45) is 0 Å². The second-order valence-electron chi connectivity index (χ2n) is 8.43. The van der Waals surface area contributed by atoms with E-state index in [1.807, 2.05) is 33.0 Å². The number of fused-ring (bicyclic) bond motifs is 2. The molecule has 1 N–H and O–H groups in total. The predicted octanol–water partition coefficient (Wildman–Crippen LogP) is 6.08. The SMILES string of the molecule is CC1CN(C(=O)OC(C)(C)C)c2ncc(Br)cc21.CC1CNc2ncc(Br)cc21. The van der Waals surface area contributed by atoms with E-state index in [1.165, 1.54) is 5.56 Å². The van der Waals surface area contributed by atoms with Crippen molar-refractivity contribution in [3.8, 4) is 0 Å². The molecule has 4 rings (SSSR count). The van der Waals surface area contributed by atoms with Crippen LogP contribution in [-0.4, -0.2) is 34.8 Å².